The zero-order chi connectivity index (χ0) is 25.4. The fourth-order valence-corrected chi connectivity index (χ4v) is 3.70. The predicted octanol–water partition coefficient (Wildman–Crippen LogP) is 3.44. The van der Waals surface area contributed by atoms with E-state index in [1.807, 2.05) is 0 Å². The Balaban J connectivity index is 2.04. The molecule has 35 heavy (non-hydrogen) atoms. The third-order valence-corrected chi connectivity index (χ3v) is 5.52. The van der Waals surface area contributed by atoms with Crippen LogP contribution in [-0.2, 0) is 14.3 Å². The third kappa shape index (κ3) is 6.75. The number of ether oxygens (including phenoxy) is 2. The van der Waals surface area contributed by atoms with Gasteiger partial charge in [-0.05, 0) is 37.1 Å². The van der Waals surface area contributed by atoms with Gasteiger partial charge in [-0.25, -0.2) is 19.8 Å². The van der Waals surface area contributed by atoms with E-state index >= 15 is 0 Å². The molecule has 0 saturated carbocycles. The van der Waals surface area contributed by atoms with Crippen molar-refractivity contribution < 1.29 is 28.7 Å². The Morgan fingerprint density at radius 3 is 2.71 bits per heavy atom. The standard InChI is InChI=1S/C23H25ClFN5O5/c1-34-7-8-35-20-11-19-16(10-15(20)14(22(26)32)3-2-4-21(31)30-33)23(28-12-27-19)29-13-5-6-18(25)17(24)9-13/h5-6,9-12,14,33H,2-4,7-8H2,1H3,(H2,26,32)(H,30,31)(H,27,28,29). The van der Waals surface area contributed by atoms with Crippen molar-refractivity contribution in [1.82, 2.24) is 15.4 Å². The molecular weight excluding hydrogens is 481 g/mol. The van der Waals surface area contributed by atoms with E-state index in [9.17, 15) is 14.0 Å². The monoisotopic (exact) mass is 505 g/mol. The number of nitrogens with one attached hydrogen (secondary N) is 2. The number of methoxy groups -OCH3 is 1. The highest BCUT2D eigenvalue weighted by molar-refractivity contribution is 6.31. The molecule has 1 heterocycles. The van der Waals surface area contributed by atoms with Gasteiger partial charge in [0, 0.05) is 36.2 Å². The molecule has 0 spiro atoms. The molecular formula is C23H25ClFN5O5. The van der Waals surface area contributed by atoms with Crippen LogP contribution in [0.25, 0.3) is 10.9 Å². The smallest absolute Gasteiger partial charge is 0.243 e. The minimum Gasteiger partial charge on any atom is -0.491 e. The van der Waals surface area contributed by atoms with Crippen LogP contribution in [0.2, 0.25) is 5.02 Å². The Bertz CT molecular complexity index is 1210. The van der Waals surface area contributed by atoms with Gasteiger partial charge in [0.2, 0.25) is 11.8 Å². The summed E-state index contributed by atoms with van der Waals surface area (Å²) in [5.41, 5.74) is 8.79. The number of benzene rings is 2. The number of fused-ring (bicyclic) bond motifs is 1. The molecule has 2 aromatic carbocycles. The SMILES string of the molecule is COCCOc1cc2ncnc(Nc3ccc(F)c(Cl)c3)c2cc1C(CCCC(=O)NO)C(N)=O. The van der Waals surface area contributed by atoms with E-state index in [1.165, 1.54) is 31.6 Å². The normalized spacial score (nSPS) is 11.8. The van der Waals surface area contributed by atoms with Crippen LogP contribution >= 0.6 is 11.6 Å². The van der Waals surface area contributed by atoms with Gasteiger partial charge in [0.15, 0.2) is 0 Å². The van der Waals surface area contributed by atoms with Crippen LogP contribution in [0.5, 0.6) is 5.75 Å². The van der Waals surface area contributed by atoms with E-state index in [0.717, 1.165) is 0 Å². The number of hydrogen-bond acceptors (Lipinski definition) is 8. The molecule has 0 aliphatic carbocycles. The lowest BCUT2D eigenvalue weighted by Gasteiger charge is -2.20. The molecule has 0 aliphatic heterocycles. The molecule has 0 saturated heterocycles. The summed E-state index contributed by atoms with van der Waals surface area (Å²) in [6.45, 7) is 0.537. The number of hydrogen-bond donors (Lipinski definition) is 4. The number of carbonyl (C=O) groups is 2. The molecule has 12 heteroatoms. The molecule has 186 valence electrons. The third-order valence-electron chi connectivity index (χ3n) is 5.23. The highest BCUT2D eigenvalue weighted by Crippen LogP contribution is 2.36. The van der Waals surface area contributed by atoms with E-state index in [4.69, 9.17) is 32.0 Å². The maximum Gasteiger partial charge on any atom is 0.243 e. The molecule has 0 bridgehead atoms. The van der Waals surface area contributed by atoms with E-state index in [1.54, 1.807) is 17.6 Å². The molecule has 0 radical (unpaired) electrons. The number of primary amides is 1. The van der Waals surface area contributed by atoms with E-state index < -0.39 is 23.5 Å². The van der Waals surface area contributed by atoms with Gasteiger partial charge in [-0.2, -0.15) is 0 Å². The molecule has 2 amide bonds. The van der Waals surface area contributed by atoms with Gasteiger partial charge in [-0.3, -0.25) is 14.8 Å². The number of amides is 2. The average Bonchev–Trinajstić information content (AvgIpc) is 2.84. The van der Waals surface area contributed by atoms with E-state index in [2.05, 4.69) is 15.3 Å². The van der Waals surface area contributed by atoms with Crippen molar-refractivity contribution in [2.45, 2.75) is 25.2 Å². The van der Waals surface area contributed by atoms with Gasteiger partial charge in [-0.15, -0.1) is 0 Å². The number of nitrogens with zero attached hydrogens (tertiary/aromatic N) is 2. The van der Waals surface area contributed by atoms with Crippen molar-refractivity contribution >= 4 is 45.8 Å². The Morgan fingerprint density at radius 1 is 1.23 bits per heavy atom. The lowest BCUT2D eigenvalue weighted by atomic mass is 9.91. The fourth-order valence-electron chi connectivity index (χ4n) is 3.52. The second-order valence-electron chi connectivity index (χ2n) is 7.61. The fraction of sp³-hybridized carbons (Fsp3) is 0.304. The van der Waals surface area contributed by atoms with Crippen LogP contribution in [-0.4, -0.2) is 47.3 Å². The van der Waals surface area contributed by atoms with Crippen molar-refractivity contribution in [2.24, 2.45) is 5.73 Å². The molecule has 3 rings (SSSR count). The maximum atomic E-state index is 13.6. The molecule has 1 atom stereocenters. The number of carbonyl (C=O) groups excluding carboxylic acids is 2. The van der Waals surface area contributed by atoms with Crippen molar-refractivity contribution in [1.29, 1.82) is 0 Å². The number of rotatable bonds is 12. The average molecular weight is 506 g/mol. The van der Waals surface area contributed by atoms with E-state index in [0.29, 0.717) is 46.7 Å². The van der Waals surface area contributed by atoms with Crippen molar-refractivity contribution in [3.8, 4) is 5.75 Å². The quantitative estimate of drug-likeness (QED) is 0.166. The topological polar surface area (TPSA) is 149 Å². The summed E-state index contributed by atoms with van der Waals surface area (Å²) in [5, 5.41) is 12.3. The number of aromatic nitrogens is 2. The molecule has 1 aromatic heterocycles. The van der Waals surface area contributed by atoms with Crippen LogP contribution in [0.15, 0.2) is 36.7 Å². The van der Waals surface area contributed by atoms with Crippen molar-refractivity contribution in [3.05, 3.63) is 53.1 Å². The first kappa shape index (κ1) is 26.1. The molecule has 1 unspecified atom stereocenters. The summed E-state index contributed by atoms with van der Waals surface area (Å²) in [5.74, 6) is -1.74. The Hall–Kier alpha value is -3.54. The highest BCUT2D eigenvalue weighted by Gasteiger charge is 2.24. The zero-order valence-corrected chi connectivity index (χ0v) is 19.6. The minimum atomic E-state index is -0.795. The van der Waals surface area contributed by atoms with E-state index in [-0.39, 0.29) is 24.5 Å². The van der Waals surface area contributed by atoms with Gasteiger partial charge in [-0.1, -0.05) is 11.6 Å². The first-order valence-corrected chi connectivity index (χ1v) is 11.1. The number of halogens is 2. The van der Waals surface area contributed by atoms with Gasteiger partial charge in [0.1, 0.15) is 30.3 Å². The van der Waals surface area contributed by atoms with Gasteiger partial charge < -0.3 is 20.5 Å². The Kier molecular flexibility index (Phi) is 9.12. The molecule has 5 N–H and O–H groups in total. The van der Waals surface area contributed by atoms with Gasteiger partial charge >= 0.3 is 0 Å². The first-order chi connectivity index (χ1) is 16.8. The summed E-state index contributed by atoms with van der Waals surface area (Å²) in [6, 6.07) is 7.53. The van der Waals surface area contributed by atoms with Crippen molar-refractivity contribution in [2.75, 3.05) is 25.6 Å². The highest BCUT2D eigenvalue weighted by atomic mass is 35.5. The lowest BCUT2D eigenvalue weighted by Crippen LogP contribution is -2.23. The summed E-state index contributed by atoms with van der Waals surface area (Å²) < 4.78 is 24.5. The molecule has 0 aliphatic rings. The summed E-state index contributed by atoms with van der Waals surface area (Å²) in [6.07, 6.45) is 1.89. The predicted molar refractivity (Wildman–Crippen MR) is 127 cm³/mol. The maximum absolute atomic E-state index is 13.6. The van der Waals surface area contributed by atoms with Crippen LogP contribution < -0.4 is 21.3 Å². The van der Waals surface area contributed by atoms with Crippen LogP contribution in [0.3, 0.4) is 0 Å². The summed E-state index contributed by atoms with van der Waals surface area (Å²) >= 11 is 5.89. The largest absolute Gasteiger partial charge is 0.491 e. The molecule has 3 aromatic rings. The number of nitrogens with two attached hydrogens (primary N) is 1. The number of anilines is 2. The van der Waals surface area contributed by atoms with Crippen LogP contribution in [0, 0.1) is 5.82 Å². The second-order valence-corrected chi connectivity index (χ2v) is 8.01. The van der Waals surface area contributed by atoms with Gasteiger partial charge in [0.25, 0.3) is 0 Å². The molecule has 0 fully saturated rings. The second kappa shape index (κ2) is 12.2. The summed E-state index contributed by atoms with van der Waals surface area (Å²) in [4.78, 5) is 32.4. The number of hydroxylamine groups is 1. The first-order valence-electron chi connectivity index (χ1n) is 10.7. The summed E-state index contributed by atoms with van der Waals surface area (Å²) in [7, 11) is 1.54. The molecule has 10 nitrogen and oxygen atoms in total. The lowest BCUT2D eigenvalue weighted by molar-refractivity contribution is -0.129. The Morgan fingerprint density at radius 2 is 2.03 bits per heavy atom. The van der Waals surface area contributed by atoms with Crippen LogP contribution in [0.4, 0.5) is 15.9 Å². The zero-order valence-electron chi connectivity index (χ0n) is 18.9. The van der Waals surface area contributed by atoms with Crippen molar-refractivity contribution in [3.63, 3.8) is 0 Å². The Labute approximate surface area is 205 Å². The minimum absolute atomic E-state index is 0.00890. The van der Waals surface area contributed by atoms with Gasteiger partial charge in [0.05, 0.1) is 23.1 Å². The van der Waals surface area contributed by atoms with Crippen LogP contribution in [0.1, 0.15) is 30.7 Å².